The average Bonchev–Trinajstić information content (AvgIpc) is 2.16. The van der Waals surface area contributed by atoms with Crippen LogP contribution in [0.4, 0.5) is 0 Å². The average molecular weight is 263 g/mol. The lowest BCUT2D eigenvalue weighted by Crippen LogP contribution is -2.40. The highest BCUT2D eigenvalue weighted by molar-refractivity contribution is 9.10. The Bertz CT molecular complexity index is 506. The molecule has 76 valence electrons. The summed E-state index contributed by atoms with van der Waals surface area (Å²) in [5.74, 6) is 0.622. The van der Waals surface area contributed by atoms with Crippen LogP contribution >= 0.6 is 15.9 Å². The molecule has 0 spiro atoms. The number of hydrogen-bond donors (Lipinski definition) is 1. The summed E-state index contributed by atoms with van der Waals surface area (Å²) < 4.78 is 0.993. The second-order valence-corrected chi connectivity index (χ2v) is 4.67. The van der Waals surface area contributed by atoms with E-state index in [0.29, 0.717) is 5.92 Å². The van der Waals surface area contributed by atoms with Crippen molar-refractivity contribution in [3.63, 3.8) is 0 Å². The first-order valence-corrected chi connectivity index (χ1v) is 5.90. The van der Waals surface area contributed by atoms with Gasteiger partial charge in [0.15, 0.2) is 0 Å². The number of halogens is 1. The first kappa shape index (κ1) is 9.31. The monoisotopic (exact) mass is 262 g/mol. The van der Waals surface area contributed by atoms with Gasteiger partial charge < -0.3 is 5.32 Å². The number of pyridine rings is 1. The molecule has 0 aliphatic carbocycles. The highest BCUT2D eigenvalue weighted by Crippen LogP contribution is 2.29. The van der Waals surface area contributed by atoms with E-state index in [2.05, 4.69) is 44.4 Å². The predicted octanol–water partition coefficient (Wildman–Crippen LogP) is 2.68. The van der Waals surface area contributed by atoms with Gasteiger partial charge in [0.1, 0.15) is 4.60 Å². The highest BCUT2D eigenvalue weighted by atomic mass is 79.9. The standard InChI is InChI=1S/C12H11BrN2/c13-12-10(9-6-14-7-9)5-8-3-1-2-4-11(8)15-12/h1-5,9,14H,6-7H2. The molecule has 2 heterocycles. The molecule has 0 unspecified atom stereocenters. The number of para-hydroxylation sites is 1. The summed E-state index contributed by atoms with van der Waals surface area (Å²) in [4.78, 5) is 4.57. The van der Waals surface area contributed by atoms with Crippen molar-refractivity contribution >= 4 is 26.8 Å². The minimum Gasteiger partial charge on any atom is -0.315 e. The Balaban J connectivity index is 2.17. The molecule has 0 bridgehead atoms. The maximum atomic E-state index is 4.57. The number of fused-ring (bicyclic) bond motifs is 1. The molecule has 0 radical (unpaired) electrons. The summed E-state index contributed by atoms with van der Waals surface area (Å²) in [6.07, 6.45) is 0. The van der Waals surface area contributed by atoms with Crippen molar-refractivity contribution in [3.05, 3.63) is 40.5 Å². The molecule has 1 fully saturated rings. The van der Waals surface area contributed by atoms with Crippen molar-refractivity contribution in [2.24, 2.45) is 0 Å². The van der Waals surface area contributed by atoms with Gasteiger partial charge in [0.2, 0.25) is 0 Å². The Hall–Kier alpha value is -0.930. The maximum absolute atomic E-state index is 4.57. The lowest BCUT2D eigenvalue weighted by molar-refractivity contribution is 0.446. The highest BCUT2D eigenvalue weighted by Gasteiger charge is 2.22. The Morgan fingerprint density at radius 2 is 2.07 bits per heavy atom. The Morgan fingerprint density at radius 3 is 2.80 bits per heavy atom. The number of nitrogens with one attached hydrogen (secondary N) is 1. The van der Waals surface area contributed by atoms with Gasteiger partial charge in [-0.05, 0) is 33.6 Å². The number of nitrogens with zero attached hydrogens (tertiary/aromatic N) is 1. The molecule has 1 aromatic heterocycles. The van der Waals surface area contributed by atoms with E-state index in [0.717, 1.165) is 23.2 Å². The van der Waals surface area contributed by atoms with E-state index < -0.39 is 0 Å². The van der Waals surface area contributed by atoms with Gasteiger partial charge in [0, 0.05) is 24.4 Å². The molecule has 15 heavy (non-hydrogen) atoms. The molecule has 1 aliphatic rings. The lowest BCUT2D eigenvalue weighted by atomic mass is 9.94. The van der Waals surface area contributed by atoms with E-state index in [9.17, 15) is 0 Å². The molecule has 3 rings (SSSR count). The van der Waals surface area contributed by atoms with Crippen LogP contribution in [0.15, 0.2) is 34.9 Å². The summed E-state index contributed by atoms with van der Waals surface area (Å²) >= 11 is 3.55. The van der Waals surface area contributed by atoms with Crippen LogP contribution in [0, 0.1) is 0 Å². The lowest BCUT2D eigenvalue weighted by Gasteiger charge is -2.28. The van der Waals surface area contributed by atoms with E-state index in [1.165, 1.54) is 10.9 Å². The van der Waals surface area contributed by atoms with Crippen LogP contribution in [0.1, 0.15) is 11.5 Å². The van der Waals surface area contributed by atoms with Crippen molar-refractivity contribution in [1.29, 1.82) is 0 Å². The van der Waals surface area contributed by atoms with Crippen molar-refractivity contribution in [2.75, 3.05) is 13.1 Å². The van der Waals surface area contributed by atoms with Crippen LogP contribution in [-0.2, 0) is 0 Å². The minimum absolute atomic E-state index is 0.622. The number of hydrogen-bond acceptors (Lipinski definition) is 2. The number of rotatable bonds is 1. The molecule has 0 saturated carbocycles. The molecule has 1 aromatic carbocycles. The summed E-state index contributed by atoms with van der Waals surface area (Å²) in [5.41, 5.74) is 2.38. The fourth-order valence-electron chi connectivity index (χ4n) is 1.90. The summed E-state index contributed by atoms with van der Waals surface area (Å²) in [7, 11) is 0. The maximum Gasteiger partial charge on any atom is 0.110 e. The fraction of sp³-hybridized carbons (Fsp3) is 0.250. The molecule has 0 atom stereocenters. The van der Waals surface area contributed by atoms with Gasteiger partial charge in [-0.1, -0.05) is 18.2 Å². The van der Waals surface area contributed by atoms with Gasteiger partial charge in [-0.25, -0.2) is 4.98 Å². The zero-order valence-electron chi connectivity index (χ0n) is 8.20. The van der Waals surface area contributed by atoms with E-state index >= 15 is 0 Å². The van der Waals surface area contributed by atoms with Crippen LogP contribution in [0.3, 0.4) is 0 Å². The first-order chi connectivity index (χ1) is 7.34. The van der Waals surface area contributed by atoms with Crippen LogP contribution in [0.2, 0.25) is 0 Å². The zero-order chi connectivity index (χ0) is 10.3. The fourth-order valence-corrected chi connectivity index (χ4v) is 2.53. The molecular formula is C12H11BrN2. The summed E-state index contributed by atoms with van der Waals surface area (Å²) in [5, 5.41) is 4.51. The smallest absolute Gasteiger partial charge is 0.110 e. The molecule has 2 aromatic rings. The van der Waals surface area contributed by atoms with Gasteiger partial charge >= 0.3 is 0 Å². The quantitative estimate of drug-likeness (QED) is 0.800. The minimum atomic E-state index is 0.622. The summed E-state index contributed by atoms with van der Waals surface area (Å²) in [6, 6.07) is 10.5. The second kappa shape index (κ2) is 3.58. The van der Waals surface area contributed by atoms with E-state index in [1.54, 1.807) is 0 Å². The van der Waals surface area contributed by atoms with E-state index in [-0.39, 0.29) is 0 Å². The first-order valence-electron chi connectivity index (χ1n) is 5.10. The Morgan fingerprint density at radius 1 is 1.27 bits per heavy atom. The molecular weight excluding hydrogens is 252 g/mol. The van der Waals surface area contributed by atoms with Crippen molar-refractivity contribution < 1.29 is 0 Å². The van der Waals surface area contributed by atoms with Gasteiger partial charge in [0.25, 0.3) is 0 Å². The van der Waals surface area contributed by atoms with E-state index in [4.69, 9.17) is 0 Å². The molecule has 1 N–H and O–H groups in total. The molecule has 1 saturated heterocycles. The van der Waals surface area contributed by atoms with Crippen LogP contribution in [-0.4, -0.2) is 18.1 Å². The summed E-state index contributed by atoms with van der Waals surface area (Å²) in [6.45, 7) is 2.14. The second-order valence-electron chi connectivity index (χ2n) is 3.92. The number of aromatic nitrogens is 1. The third kappa shape index (κ3) is 1.56. The van der Waals surface area contributed by atoms with Crippen molar-refractivity contribution in [3.8, 4) is 0 Å². The predicted molar refractivity (Wildman–Crippen MR) is 65.1 cm³/mol. The van der Waals surface area contributed by atoms with Crippen LogP contribution < -0.4 is 5.32 Å². The van der Waals surface area contributed by atoms with Crippen molar-refractivity contribution in [1.82, 2.24) is 10.3 Å². The normalized spacial score (nSPS) is 16.6. The molecule has 2 nitrogen and oxygen atoms in total. The van der Waals surface area contributed by atoms with Crippen LogP contribution in [0.25, 0.3) is 10.9 Å². The van der Waals surface area contributed by atoms with Crippen LogP contribution in [0.5, 0.6) is 0 Å². The Kier molecular flexibility index (Phi) is 2.22. The van der Waals surface area contributed by atoms with Gasteiger partial charge in [-0.15, -0.1) is 0 Å². The van der Waals surface area contributed by atoms with E-state index in [1.807, 2.05) is 12.1 Å². The zero-order valence-corrected chi connectivity index (χ0v) is 9.79. The molecule has 0 amide bonds. The third-order valence-corrected chi connectivity index (χ3v) is 3.56. The Labute approximate surface area is 96.8 Å². The van der Waals surface area contributed by atoms with Gasteiger partial charge in [0.05, 0.1) is 5.52 Å². The van der Waals surface area contributed by atoms with Gasteiger partial charge in [-0.2, -0.15) is 0 Å². The molecule has 1 aliphatic heterocycles. The number of benzene rings is 1. The van der Waals surface area contributed by atoms with Crippen molar-refractivity contribution in [2.45, 2.75) is 5.92 Å². The molecule has 3 heteroatoms. The SMILES string of the molecule is Brc1nc2ccccc2cc1C1CNC1. The van der Waals surface area contributed by atoms with Gasteiger partial charge in [-0.3, -0.25) is 0 Å². The largest absolute Gasteiger partial charge is 0.315 e. The third-order valence-electron chi connectivity index (χ3n) is 2.93. The topological polar surface area (TPSA) is 24.9 Å².